The minimum absolute atomic E-state index is 0.0203. The Bertz CT molecular complexity index is 4770. The number of anilines is 5. The summed E-state index contributed by atoms with van der Waals surface area (Å²) in [4.78, 5) is 102. The van der Waals surface area contributed by atoms with E-state index in [-0.39, 0.29) is 108 Å². The first kappa shape index (κ1) is 84.5. The zero-order valence-corrected chi connectivity index (χ0v) is 64.0. The molecule has 112 heavy (non-hydrogen) atoms. The third-order valence-electron chi connectivity index (χ3n) is 19.0. The van der Waals surface area contributed by atoms with Crippen LogP contribution in [0.2, 0.25) is 0 Å². The standard InChI is InChI=1S/C21H28N4O5S.C17H24N4O5S.C17H18N4O5S.C13H18N4O5S.CH3NO2/c26-18-8-13(1-2-17(18)25-12-19(27)24-31(25,29)30)3-4-22-20(28)23-21-9-14-5-15(10-21)7-16(6-14)11-21;2*22-15-10-12(6-7-14(15)21-11-16(23)20-27(21,25)26)8-9-18-17(24)19-13-4-2-1-3-5-13;1-2-14-13(20)15-6-5-9-3-4-10(11(18)7-9)17-8-12(19)16-23(17,21)22;2-1(3)4/h1-2,8,14-16,26H,3-7,9-12H2,(H,24,27)(H2,22,23,28);6-7,10,13,22H,1-5,8-9,11H2,(H,20,23)(H2,18,19,24);1-7,10,22H,8-9,11H2,(H,20,23)(H2,18,19,24);3-4,7,18H,2,5-6,8H2,1H3,(H,16,19)(H2,14,15,20);2H2,(H,3,4). The lowest BCUT2D eigenvalue weighted by atomic mass is 9.53. The Labute approximate surface area is 646 Å². The normalized spacial score (nSPS) is 21.0. The summed E-state index contributed by atoms with van der Waals surface area (Å²) in [5, 5.41) is 70.3. The van der Waals surface area contributed by atoms with Gasteiger partial charge < -0.3 is 73.8 Å². The molecule has 13 amide bonds. The molecule has 608 valence electrons. The molecule has 0 atom stereocenters. The molecule has 0 spiro atoms. The summed E-state index contributed by atoms with van der Waals surface area (Å²) in [5.74, 6) is -1.29. The van der Waals surface area contributed by atoms with Gasteiger partial charge in [0.1, 0.15) is 49.2 Å². The molecule has 19 N–H and O–H groups in total. The van der Waals surface area contributed by atoms with Gasteiger partial charge in [0.25, 0.3) is 23.6 Å². The number of benzene rings is 5. The van der Waals surface area contributed by atoms with Crippen LogP contribution in [-0.4, -0.2) is 184 Å². The lowest BCUT2D eigenvalue weighted by molar-refractivity contribution is -0.118. The lowest BCUT2D eigenvalue weighted by Crippen LogP contribution is -2.61. The number of hydrogen-bond donors (Lipinski definition) is 18. The quantitative estimate of drug-likeness (QED) is 0.0530. The second-order valence-electron chi connectivity index (χ2n) is 27.6. The number of carbonyl (C=O) groups excluding carboxylic acids is 8. The topological polar surface area (TPSA) is 575 Å². The SMILES string of the molecule is CCNC(=O)NCCc1ccc(N2CC(=O)NS2(=O)=O)c(O)c1.NC(=O)O.O=C1CN(c2ccc(CCNC(=O)NC34CC5CC(CC(C5)C3)C4)cc2O)S(=O)(=O)N1.O=C1CN(c2ccc(CCNC(=O)NC3CCCCC3)cc2O)S(=O)(=O)N1.O=C1CN(c2ccc(CCNC(=O)Nc3ccccc3)cc2O)S(=O)(=O)N1. The van der Waals surface area contributed by atoms with E-state index in [2.05, 4.69) is 48.3 Å². The summed E-state index contributed by atoms with van der Waals surface area (Å²) in [6, 6.07) is 26.4. The van der Waals surface area contributed by atoms with Gasteiger partial charge in [0.2, 0.25) is 0 Å². The van der Waals surface area contributed by atoms with E-state index in [1.54, 1.807) is 36.4 Å². The summed E-state index contributed by atoms with van der Waals surface area (Å²) in [6.07, 6.45) is 13.3. The van der Waals surface area contributed by atoms with E-state index in [1.807, 2.05) is 44.0 Å². The summed E-state index contributed by atoms with van der Waals surface area (Å²) >= 11 is 0. The lowest BCUT2D eigenvalue weighted by Gasteiger charge is -2.56. The van der Waals surface area contributed by atoms with Gasteiger partial charge in [-0.15, -0.1) is 0 Å². The first-order valence-electron chi connectivity index (χ1n) is 35.8. The number of nitrogens with zero attached hydrogens (tertiary/aromatic N) is 4. The van der Waals surface area contributed by atoms with Crippen LogP contribution in [0, 0.1) is 17.8 Å². The summed E-state index contributed by atoms with van der Waals surface area (Å²) in [5.41, 5.74) is 7.73. The molecule has 14 rings (SSSR count). The number of aromatic hydroxyl groups is 4. The molecule has 5 aromatic carbocycles. The highest BCUT2D eigenvalue weighted by Crippen LogP contribution is 2.55. The Morgan fingerprint density at radius 2 is 0.759 bits per heavy atom. The average molecular weight is 1640 g/mol. The number of phenols is 4. The molecule has 9 fully saturated rings. The Balaban J connectivity index is 0.000000169. The van der Waals surface area contributed by atoms with Crippen molar-refractivity contribution >= 4 is 123 Å². The van der Waals surface area contributed by atoms with E-state index in [0.29, 0.717) is 69.7 Å². The van der Waals surface area contributed by atoms with E-state index < -0.39 is 70.6 Å². The highest BCUT2D eigenvalue weighted by atomic mass is 32.2. The van der Waals surface area contributed by atoms with Crippen molar-refractivity contribution in [3.8, 4) is 23.0 Å². The average Bonchev–Trinajstić information content (AvgIpc) is 1.20. The largest absolute Gasteiger partial charge is 0.506 e. The van der Waals surface area contributed by atoms with Crippen molar-refractivity contribution in [1.82, 2.24) is 56.1 Å². The molecular weight excluding hydrogens is 1550 g/mol. The van der Waals surface area contributed by atoms with Gasteiger partial charge in [0.05, 0.1) is 22.7 Å². The first-order valence-corrected chi connectivity index (χ1v) is 41.5. The van der Waals surface area contributed by atoms with Gasteiger partial charge in [-0.25, -0.2) is 60.1 Å². The maximum Gasteiger partial charge on any atom is 0.402 e. The number of carbonyl (C=O) groups is 9. The zero-order chi connectivity index (χ0) is 81.3. The molecule has 4 aliphatic heterocycles. The van der Waals surface area contributed by atoms with Gasteiger partial charge in [-0.1, -0.05) is 61.7 Å². The molecule has 39 nitrogen and oxygen atoms in total. The number of carboxylic acid groups (broad SMARTS) is 1. The number of hydrogen-bond acceptors (Lipinski definition) is 21. The van der Waals surface area contributed by atoms with Crippen LogP contribution in [0.3, 0.4) is 0 Å². The fraction of sp³-hybridized carbons (Fsp3) is 0.435. The monoisotopic (exact) mass is 1640 g/mol. The van der Waals surface area contributed by atoms with E-state index in [1.165, 1.54) is 74.2 Å². The summed E-state index contributed by atoms with van der Waals surface area (Å²) < 4.78 is 105. The van der Waals surface area contributed by atoms with Crippen molar-refractivity contribution in [2.75, 3.05) is 81.4 Å². The maximum atomic E-state index is 12.5. The molecule has 5 aliphatic carbocycles. The second-order valence-corrected chi connectivity index (χ2v) is 34.0. The van der Waals surface area contributed by atoms with Crippen molar-refractivity contribution in [3.63, 3.8) is 0 Å². The predicted molar refractivity (Wildman–Crippen MR) is 408 cm³/mol. The van der Waals surface area contributed by atoms with Gasteiger partial charge in [0, 0.05) is 50.0 Å². The van der Waals surface area contributed by atoms with E-state index in [0.717, 1.165) is 96.6 Å². The number of urea groups is 4. The highest BCUT2D eigenvalue weighted by molar-refractivity contribution is 7.93. The first-order chi connectivity index (χ1) is 53.0. The van der Waals surface area contributed by atoms with Crippen LogP contribution < -0.4 is 84.4 Å². The Morgan fingerprint density at radius 3 is 1.06 bits per heavy atom. The molecule has 5 saturated carbocycles. The number of amides is 13. The maximum absolute atomic E-state index is 12.5. The molecule has 0 radical (unpaired) electrons. The summed E-state index contributed by atoms with van der Waals surface area (Å²) in [6.45, 7) is 2.34. The minimum atomic E-state index is -3.97. The Hall–Kier alpha value is -11.5. The third kappa shape index (κ3) is 23.5. The number of nitrogens with one attached hydrogen (secondary N) is 12. The molecule has 9 aliphatic rings. The van der Waals surface area contributed by atoms with E-state index >= 15 is 0 Å². The fourth-order valence-corrected chi connectivity index (χ4v) is 19.3. The van der Waals surface area contributed by atoms with Crippen molar-refractivity contribution < 1.29 is 102 Å². The van der Waals surface area contributed by atoms with Crippen molar-refractivity contribution in [1.29, 1.82) is 0 Å². The minimum Gasteiger partial charge on any atom is -0.506 e. The number of para-hydroxylation sites is 1. The van der Waals surface area contributed by atoms with Crippen LogP contribution in [0.4, 0.5) is 52.4 Å². The molecule has 4 heterocycles. The van der Waals surface area contributed by atoms with Crippen LogP contribution in [-0.2, 0) is 85.7 Å². The highest BCUT2D eigenvalue weighted by Gasteiger charge is 2.52. The van der Waals surface area contributed by atoms with Crippen LogP contribution in [0.15, 0.2) is 103 Å². The summed E-state index contributed by atoms with van der Waals surface area (Å²) in [7, 11) is -15.9. The van der Waals surface area contributed by atoms with Crippen LogP contribution in [0.25, 0.3) is 0 Å². The predicted octanol–water partition coefficient (Wildman–Crippen LogP) is 2.13. The molecule has 4 bridgehead atoms. The van der Waals surface area contributed by atoms with Crippen molar-refractivity contribution in [2.24, 2.45) is 23.5 Å². The smallest absolute Gasteiger partial charge is 0.402 e. The number of rotatable bonds is 20. The van der Waals surface area contributed by atoms with Gasteiger partial charge in [-0.3, -0.25) is 19.2 Å². The van der Waals surface area contributed by atoms with Crippen molar-refractivity contribution in [2.45, 2.75) is 115 Å². The second kappa shape index (κ2) is 37.0. The van der Waals surface area contributed by atoms with Gasteiger partial charge >= 0.3 is 71.1 Å². The van der Waals surface area contributed by atoms with E-state index in [9.17, 15) is 92.5 Å². The molecule has 0 aromatic heterocycles. The van der Waals surface area contributed by atoms with Gasteiger partial charge in [-0.2, -0.15) is 33.7 Å². The number of phenolic OH excluding ortho intramolecular Hbond substituents is 4. The number of primary amides is 1. The van der Waals surface area contributed by atoms with Crippen LogP contribution in [0.5, 0.6) is 23.0 Å². The molecular formula is C69H91N17O22S4. The zero-order valence-electron chi connectivity index (χ0n) is 60.8. The Morgan fingerprint density at radius 1 is 0.446 bits per heavy atom. The third-order valence-corrected chi connectivity index (χ3v) is 24.6. The molecule has 4 saturated heterocycles. The van der Waals surface area contributed by atoms with Crippen LogP contribution >= 0.6 is 0 Å². The van der Waals surface area contributed by atoms with Crippen molar-refractivity contribution in [3.05, 3.63) is 125 Å². The van der Waals surface area contributed by atoms with Crippen LogP contribution in [0.1, 0.15) is 99.8 Å². The molecule has 5 aromatic rings. The molecule has 0 unspecified atom stereocenters. The Kier molecular flexibility index (Phi) is 28.0. The molecule has 43 heteroatoms. The number of nitrogens with two attached hydrogens (primary N) is 1. The fourth-order valence-electron chi connectivity index (χ4n) is 14.6. The van der Waals surface area contributed by atoms with Gasteiger partial charge in [0.15, 0.2) is 0 Å². The van der Waals surface area contributed by atoms with Gasteiger partial charge in [-0.05, 0) is 185 Å². The van der Waals surface area contributed by atoms with E-state index in [4.69, 9.17) is 9.90 Å².